The number of hydrogen-bond donors (Lipinski definition) is 1. The number of aromatic nitrogens is 2. The van der Waals surface area contributed by atoms with Gasteiger partial charge in [-0.05, 0) is 11.6 Å². The van der Waals surface area contributed by atoms with Gasteiger partial charge in [-0.15, -0.1) is 0 Å². The van der Waals surface area contributed by atoms with Crippen molar-refractivity contribution in [3.05, 3.63) is 84.7 Å². The Kier molecular flexibility index (Phi) is 5.42. The number of halogens is 2. The second-order valence-corrected chi connectivity index (χ2v) is 8.46. The third-order valence-corrected chi connectivity index (χ3v) is 6.11. The van der Waals surface area contributed by atoms with Crippen LogP contribution in [0.5, 0.6) is 11.5 Å². The average molecular weight is 445 g/mol. The Morgan fingerprint density at radius 3 is 2.37 bits per heavy atom. The molecule has 4 aromatic rings. The van der Waals surface area contributed by atoms with E-state index >= 15 is 0 Å². The summed E-state index contributed by atoms with van der Waals surface area (Å²) in [6.07, 6.45) is 1.14. The van der Waals surface area contributed by atoms with Gasteiger partial charge >= 0.3 is 0 Å². The van der Waals surface area contributed by atoms with Crippen molar-refractivity contribution in [3.63, 3.8) is 0 Å². The molecule has 1 N–H and O–H groups in total. The summed E-state index contributed by atoms with van der Waals surface area (Å²) in [5.41, 5.74) is 1.50. The van der Waals surface area contributed by atoms with Gasteiger partial charge in [-0.1, -0.05) is 48.5 Å². The van der Waals surface area contributed by atoms with Gasteiger partial charge in [0.25, 0.3) is 10.0 Å². The zero-order valence-corrected chi connectivity index (χ0v) is 16.8. The molecule has 0 aliphatic carbocycles. The second-order valence-electron chi connectivity index (χ2n) is 6.03. The fourth-order valence-electron chi connectivity index (χ4n) is 2.71. The summed E-state index contributed by atoms with van der Waals surface area (Å²) in [7, 11) is -4.39. The first-order valence-electron chi connectivity index (χ1n) is 8.55. The number of hydrogen-bond acceptors (Lipinski definition) is 6. The summed E-state index contributed by atoms with van der Waals surface area (Å²) in [5.74, 6) is -2.34. The highest BCUT2D eigenvalue weighted by molar-refractivity contribution is 7.93. The molecule has 6 nitrogen and oxygen atoms in total. The van der Waals surface area contributed by atoms with Gasteiger partial charge in [0.1, 0.15) is 22.8 Å². The first kappa shape index (κ1) is 19.9. The maximum absolute atomic E-state index is 14.6. The number of sulfonamides is 1. The van der Waals surface area contributed by atoms with E-state index < -0.39 is 32.3 Å². The third-order valence-electron chi connectivity index (χ3n) is 4.05. The number of nitrogens with one attached hydrogen (secondary N) is 1. The maximum Gasteiger partial charge on any atom is 0.266 e. The molecular formula is C20H13F2N3O3S2. The summed E-state index contributed by atoms with van der Waals surface area (Å²) in [5, 5.41) is -0.0630. The van der Waals surface area contributed by atoms with Crippen molar-refractivity contribution in [2.45, 2.75) is 4.90 Å². The van der Waals surface area contributed by atoms with E-state index in [2.05, 4.69) is 14.1 Å². The minimum Gasteiger partial charge on any atom is -0.454 e. The van der Waals surface area contributed by atoms with Gasteiger partial charge in [-0.3, -0.25) is 4.72 Å². The molecule has 0 atom stereocenters. The number of para-hydroxylation sites is 1. The smallest absolute Gasteiger partial charge is 0.266 e. The predicted octanol–water partition coefficient (Wildman–Crippen LogP) is 5.08. The van der Waals surface area contributed by atoms with Crippen LogP contribution in [-0.4, -0.2) is 17.8 Å². The molecule has 0 aliphatic heterocycles. The van der Waals surface area contributed by atoms with Gasteiger partial charge in [0, 0.05) is 29.2 Å². The van der Waals surface area contributed by atoms with E-state index in [1.165, 1.54) is 0 Å². The molecule has 1 heterocycles. The summed E-state index contributed by atoms with van der Waals surface area (Å²) >= 11 is 0.767. The van der Waals surface area contributed by atoms with Crippen LogP contribution in [0.25, 0.3) is 11.1 Å². The zero-order chi connectivity index (χ0) is 21.1. The molecule has 30 heavy (non-hydrogen) atoms. The maximum atomic E-state index is 14.6. The third kappa shape index (κ3) is 4.14. The van der Waals surface area contributed by atoms with E-state index in [1.807, 2.05) is 30.3 Å². The van der Waals surface area contributed by atoms with E-state index in [0.29, 0.717) is 23.4 Å². The van der Waals surface area contributed by atoms with E-state index in [-0.39, 0.29) is 5.13 Å². The van der Waals surface area contributed by atoms with E-state index in [1.54, 1.807) is 24.3 Å². The van der Waals surface area contributed by atoms with E-state index in [9.17, 15) is 17.2 Å². The first-order valence-corrected chi connectivity index (χ1v) is 10.8. The normalized spacial score (nSPS) is 11.3. The van der Waals surface area contributed by atoms with Crippen molar-refractivity contribution in [3.8, 4) is 22.6 Å². The van der Waals surface area contributed by atoms with Crippen LogP contribution in [0, 0.1) is 11.6 Å². The molecule has 0 saturated heterocycles. The van der Waals surface area contributed by atoms with Crippen LogP contribution in [-0.2, 0) is 10.0 Å². The van der Waals surface area contributed by atoms with Crippen molar-refractivity contribution in [2.75, 3.05) is 4.72 Å². The zero-order valence-electron chi connectivity index (χ0n) is 15.1. The number of nitrogens with zero attached hydrogens (tertiary/aromatic N) is 2. The number of benzene rings is 3. The molecule has 3 aromatic carbocycles. The largest absolute Gasteiger partial charge is 0.454 e. The Balaban J connectivity index is 1.67. The van der Waals surface area contributed by atoms with Gasteiger partial charge in [-0.2, -0.15) is 4.37 Å². The molecule has 0 radical (unpaired) electrons. The molecule has 152 valence electrons. The van der Waals surface area contributed by atoms with Gasteiger partial charge in [0.15, 0.2) is 11.6 Å². The quantitative estimate of drug-likeness (QED) is 0.448. The minimum absolute atomic E-state index is 0.0630. The summed E-state index contributed by atoms with van der Waals surface area (Å²) in [6.45, 7) is 0. The van der Waals surface area contributed by atoms with Crippen molar-refractivity contribution >= 4 is 26.7 Å². The Bertz CT molecular complexity index is 1280. The van der Waals surface area contributed by atoms with Crippen LogP contribution in [0.3, 0.4) is 0 Å². The summed E-state index contributed by atoms with van der Waals surface area (Å²) in [4.78, 5) is 2.81. The van der Waals surface area contributed by atoms with E-state index in [0.717, 1.165) is 23.4 Å². The monoisotopic (exact) mass is 445 g/mol. The Labute approximate surface area is 175 Å². The molecule has 0 saturated carbocycles. The predicted molar refractivity (Wildman–Crippen MR) is 109 cm³/mol. The summed E-state index contributed by atoms with van der Waals surface area (Å²) < 4.78 is 65.3. The topological polar surface area (TPSA) is 81.2 Å². The first-order chi connectivity index (χ1) is 14.4. The lowest BCUT2D eigenvalue weighted by Gasteiger charge is -2.13. The van der Waals surface area contributed by atoms with Gasteiger partial charge in [0.05, 0.1) is 0 Å². The highest BCUT2D eigenvalue weighted by Crippen LogP contribution is 2.35. The van der Waals surface area contributed by atoms with Crippen LogP contribution >= 0.6 is 11.5 Å². The van der Waals surface area contributed by atoms with Gasteiger partial charge in [0.2, 0.25) is 5.13 Å². The second kappa shape index (κ2) is 8.17. The van der Waals surface area contributed by atoms with Crippen molar-refractivity contribution in [2.24, 2.45) is 0 Å². The molecule has 0 aliphatic rings. The standard InChI is InChI=1S/C20H13F2N3O3S2/c21-15-11-19(30(26,27)25-20-23-12-24-29-20)16(22)10-18(15)28-17-9-5-4-8-14(17)13-6-2-1-3-7-13/h1-12H,(H,23,24,25). The molecule has 0 spiro atoms. The lowest BCUT2D eigenvalue weighted by atomic mass is 10.0. The lowest BCUT2D eigenvalue weighted by molar-refractivity contribution is 0.433. The fourth-order valence-corrected chi connectivity index (χ4v) is 4.45. The molecule has 4 rings (SSSR count). The highest BCUT2D eigenvalue weighted by atomic mass is 32.2. The molecule has 0 amide bonds. The van der Waals surface area contributed by atoms with Crippen LogP contribution in [0.2, 0.25) is 0 Å². The lowest BCUT2D eigenvalue weighted by Crippen LogP contribution is -2.15. The molecule has 0 fully saturated rings. The Hall–Kier alpha value is -3.37. The Morgan fingerprint density at radius 2 is 1.63 bits per heavy atom. The van der Waals surface area contributed by atoms with Crippen LogP contribution in [0.4, 0.5) is 13.9 Å². The van der Waals surface area contributed by atoms with E-state index in [4.69, 9.17) is 4.74 Å². The molecule has 1 aromatic heterocycles. The minimum atomic E-state index is -4.39. The number of ether oxygens (including phenoxy) is 1. The SMILES string of the molecule is O=S(=O)(Nc1ncns1)c1cc(F)c(Oc2ccccc2-c2ccccc2)cc1F. The molecule has 10 heteroatoms. The summed E-state index contributed by atoms with van der Waals surface area (Å²) in [6, 6.07) is 17.4. The van der Waals surface area contributed by atoms with Crippen molar-refractivity contribution in [1.29, 1.82) is 0 Å². The van der Waals surface area contributed by atoms with Gasteiger partial charge in [-0.25, -0.2) is 22.2 Å². The number of anilines is 1. The van der Waals surface area contributed by atoms with Crippen molar-refractivity contribution in [1.82, 2.24) is 9.36 Å². The van der Waals surface area contributed by atoms with Crippen LogP contribution in [0.1, 0.15) is 0 Å². The van der Waals surface area contributed by atoms with Crippen molar-refractivity contribution < 1.29 is 21.9 Å². The molecule has 0 bridgehead atoms. The molecule has 0 unspecified atom stereocenters. The van der Waals surface area contributed by atoms with Crippen LogP contribution in [0.15, 0.2) is 78.0 Å². The average Bonchev–Trinajstić information content (AvgIpc) is 3.23. The van der Waals surface area contributed by atoms with Crippen LogP contribution < -0.4 is 9.46 Å². The molecular weight excluding hydrogens is 432 g/mol. The van der Waals surface area contributed by atoms with Gasteiger partial charge < -0.3 is 4.74 Å². The number of rotatable bonds is 6. The highest BCUT2D eigenvalue weighted by Gasteiger charge is 2.24. The fraction of sp³-hybridized carbons (Fsp3) is 0. The Morgan fingerprint density at radius 1 is 0.900 bits per heavy atom.